The molecule has 6 atom stereocenters. The van der Waals surface area contributed by atoms with Crippen LogP contribution in [0.4, 0.5) is 0 Å². The number of ether oxygens (including phenoxy) is 1. The molecule has 0 heterocycles. The topological polar surface area (TPSA) is 60.4 Å². The second-order valence-corrected chi connectivity index (χ2v) is 14.9. The van der Waals surface area contributed by atoms with Crippen molar-refractivity contribution in [2.75, 3.05) is 0 Å². The van der Waals surface area contributed by atoms with Gasteiger partial charge in [-0.25, -0.2) is 0 Å². The molecule has 0 bridgehead atoms. The van der Waals surface area contributed by atoms with Crippen LogP contribution in [0.1, 0.15) is 72.1 Å². The van der Waals surface area contributed by atoms with E-state index in [-0.39, 0.29) is 30.3 Å². The fourth-order valence-electron chi connectivity index (χ4n) is 7.60. The number of rotatable bonds is 3. The van der Waals surface area contributed by atoms with Gasteiger partial charge in [-0.2, -0.15) is 0 Å². The third-order valence-corrected chi connectivity index (χ3v) is 10.1. The highest BCUT2D eigenvalue weighted by atomic mass is 127. The van der Waals surface area contributed by atoms with Gasteiger partial charge in [0.25, 0.3) is 0 Å². The van der Waals surface area contributed by atoms with Crippen LogP contribution < -0.4 is 0 Å². The smallest absolute Gasteiger partial charge is 0.303 e. The van der Waals surface area contributed by atoms with Gasteiger partial charge in [0.05, 0.1) is 0 Å². The van der Waals surface area contributed by atoms with E-state index in [4.69, 9.17) is 4.74 Å². The molecule has 4 aliphatic carbocycles. The lowest BCUT2D eigenvalue weighted by Crippen LogP contribution is -2.60. The fourth-order valence-corrected chi connectivity index (χ4v) is 8.61. The molecule has 29 heavy (non-hydrogen) atoms. The van der Waals surface area contributed by atoms with Gasteiger partial charge in [-0.3, -0.25) is 14.4 Å². The maximum atomic E-state index is 13.4. The van der Waals surface area contributed by atoms with Gasteiger partial charge in [-0.15, -0.1) is 0 Å². The summed E-state index contributed by atoms with van der Waals surface area (Å²) >= 11 is 4.31. The van der Waals surface area contributed by atoms with Crippen molar-refractivity contribution in [2.24, 2.45) is 28.6 Å². The van der Waals surface area contributed by atoms with Crippen molar-refractivity contribution in [1.29, 1.82) is 0 Å². The van der Waals surface area contributed by atoms with Crippen LogP contribution in [0.15, 0.2) is 11.6 Å². The second kappa shape index (κ2) is 7.55. The zero-order chi connectivity index (χ0) is 21.2. The normalized spacial score (nSPS) is 43.9. The molecule has 0 amide bonds. The average Bonchev–Trinajstić information content (AvgIpc) is 2.94. The Morgan fingerprint density at radius 2 is 1.76 bits per heavy atom. The summed E-state index contributed by atoms with van der Waals surface area (Å²) in [5, 5.41) is 0. The molecular formula is C23H30I2O4. The summed E-state index contributed by atoms with van der Waals surface area (Å²) in [6, 6.07) is 0. The van der Waals surface area contributed by atoms with E-state index >= 15 is 0 Å². The molecule has 0 N–H and O–H groups in total. The molecule has 4 aliphatic rings. The zero-order valence-electron chi connectivity index (χ0n) is 17.4. The third-order valence-electron chi connectivity index (χ3n) is 9.00. The highest BCUT2D eigenvalue weighted by Gasteiger charge is 2.69. The Balaban J connectivity index is 1.71. The van der Waals surface area contributed by atoms with Gasteiger partial charge in [-0.1, -0.05) is 64.6 Å². The van der Waals surface area contributed by atoms with E-state index in [0.29, 0.717) is 30.6 Å². The number of fused-ring (bicyclic) bond motifs is 5. The molecule has 3 saturated carbocycles. The Labute approximate surface area is 200 Å². The summed E-state index contributed by atoms with van der Waals surface area (Å²) < 4.78 is 5.76. The summed E-state index contributed by atoms with van der Waals surface area (Å²) in [5.41, 5.74) is 0.192. The van der Waals surface area contributed by atoms with Crippen LogP contribution in [0.2, 0.25) is 0 Å². The molecule has 4 rings (SSSR count). The Morgan fingerprint density at radius 1 is 1.07 bits per heavy atom. The van der Waals surface area contributed by atoms with Gasteiger partial charge in [0.15, 0.2) is 17.2 Å². The number of carbonyl (C=O) groups is 3. The van der Waals surface area contributed by atoms with Crippen molar-refractivity contribution in [1.82, 2.24) is 0 Å². The Morgan fingerprint density at radius 3 is 2.41 bits per heavy atom. The van der Waals surface area contributed by atoms with E-state index in [9.17, 15) is 14.4 Å². The van der Waals surface area contributed by atoms with Crippen LogP contribution in [0.3, 0.4) is 0 Å². The number of hydrogen-bond donors (Lipinski definition) is 0. The van der Waals surface area contributed by atoms with Crippen LogP contribution >= 0.6 is 45.2 Å². The first kappa shape index (κ1) is 22.2. The van der Waals surface area contributed by atoms with Gasteiger partial charge in [0, 0.05) is 18.8 Å². The van der Waals surface area contributed by atoms with Crippen LogP contribution in [0, 0.1) is 28.6 Å². The lowest BCUT2D eigenvalue weighted by atomic mass is 9.46. The summed E-state index contributed by atoms with van der Waals surface area (Å²) in [7, 11) is 0. The van der Waals surface area contributed by atoms with Crippen LogP contribution in [-0.2, 0) is 19.1 Å². The summed E-state index contributed by atoms with van der Waals surface area (Å²) in [4.78, 5) is 37.5. The minimum atomic E-state index is -0.985. The Kier molecular flexibility index (Phi) is 5.79. The summed E-state index contributed by atoms with van der Waals surface area (Å²) in [6.45, 7) is 6.02. The van der Waals surface area contributed by atoms with E-state index in [1.54, 1.807) is 0 Å². The van der Waals surface area contributed by atoms with Gasteiger partial charge < -0.3 is 4.74 Å². The van der Waals surface area contributed by atoms with Gasteiger partial charge in [-0.05, 0) is 74.2 Å². The van der Waals surface area contributed by atoms with Crippen molar-refractivity contribution in [3.63, 3.8) is 0 Å². The van der Waals surface area contributed by atoms with Crippen molar-refractivity contribution in [3.8, 4) is 0 Å². The van der Waals surface area contributed by atoms with E-state index < -0.39 is 5.60 Å². The number of alkyl halides is 2. The van der Waals surface area contributed by atoms with Crippen molar-refractivity contribution >= 4 is 62.7 Å². The summed E-state index contributed by atoms with van der Waals surface area (Å²) in [6.07, 6.45) is 9.18. The molecule has 0 saturated heterocycles. The van der Waals surface area contributed by atoms with Crippen molar-refractivity contribution in [3.05, 3.63) is 11.6 Å². The highest BCUT2D eigenvalue weighted by Crippen LogP contribution is 2.68. The van der Waals surface area contributed by atoms with Crippen molar-refractivity contribution in [2.45, 2.75) is 79.7 Å². The first-order valence-corrected chi connectivity index (χ1v) is 13.3. The van der Waals surface area contributed by atoms with E-state index in [1.165, 1.54) is 12.5 Å². The molecular weight excluding hydrogens is 594 g/mol. The second-order valence-electron chi connectivity index (χ2n) is 10.0. The Hall–Kier alpha value is 0.01000. The SMILES string of the molecule is CC(=O)O[C@]1(C(=O)C(I)I)CC[C@H]2[C@@H]3CCC4=CC(=O)CC[C@]4(C)[C@H]3CC[C@@]21C. The molecule has 0 radical (unpaired) electrons. The molecule has 0 aliphatic heterocycles. The molecule has 0 aromatic heterocycles. The number of ketones is 2. The minimum Gasteiger partial charge on any atom is -0.451 e. The molecule has 6 heteroatoms. The number of halogens is 2. The standard InChI is InChI=1S/C23H30I2O4/c1-13(26)29-23(19(28)20(24)25)11-8-18-16-5-4-14-12-15(27)6-9-21(14,2)17(16)7-10-22(18,23)3/h12,16-18,20H,4-11H2,1-3H3/t16-,17+,18+,21+,22+,23+/m1/s1. The van der Waals surface area contributed by atoms with Gasteiger partial charge in [0.2, 0.25) is 0 Å². The largest absolute Gasteiger partial charge is 0.451 e. The highest BCUT2D eigenvalue weighted by molar-refractivity contribution is 14.2. The average molecular weight is 624 g/mol. The number of Topliss-reactive ketones (excluding diaryl/α,β-unsaturated/α-hetero) is 1. The molecule has 0 spiro atoms. The van der Waals surface area contributed by atoms with Crippen LogP contribution in [0.25, 0.3) is 0 Å². The minimum absolute atomic E-state index is 0.0724. The van der Waals surface area contributed by atoms with E-state index in [0.717, 1.165) is 38.5 Å². The number of esters is 1. The van der Waals surface area contributed by atoms with Gasteiger partial charge in [0.1, 0.15) is 1.93 Å². The number of hydrogen-bond acceptors (Lipinski definition) is 4. The predicted octanol–water partition coefficient (Wildman–Crippen LogP) is 5.59. The Bertz CT molecular complexity index is 790. The fraction of sp³-hybridized carbons (Fsp3) is 0.783. The van der Waals surface area contributed by atoms with Crippen LogP contribution in [-0.4, -0.2) is 25.1 Å². The first-order chi connectivity index (χ1) is 13.5. The number of allylic oxidation sites excluding steroid dienone is 1. The van der Waals surface area contributed by atoms with E-state index in [2.05, 4.69) is 59.0 Å². The first-order valence-electron chi connectivity index (χ1n) is 10.8. The molecule has 4 nitrogen and oxygen atoms in total. The quantitative estimate of drug-likeness (QED) is 0.234. The van der Waals surface area contributed by atoms with E-state index in [1.807, 2.05) is 6.08 Å². The summed E-state index contributed by atoms with van der Waals surface area (Å²) in [5.74, 6) is 1.51. The molecule has 0 aromatic rings. The monoisotopic (exact) mass is 624 g/mol. The molecule has 3 fully saturated rings. The lowest BCUT2D eigenvalue weighted by Gasteiger charge is -2.59. The van der Waals surface area contributed by atoms with Gasteiger partial charge >= 0.3 is 5.97 Å². The number of carbonyl (C=O) groups excluding carboxylic acids is 3. The molecule has 0 unspecified atom stereocenters. The van der Waals surface area contributed by atoms with Crippen molar-refractivity contribution < 1.29 is 19.1 Å². The lowest BCUT2D eigenvalue weighted by molar-refractivity contribution is -0.187. The maximum absolute atomic E-state index is 13.4. The van der Waals surface area contributed by atoms with Crippen LogP contribution in [0.5, 0.6) is 0 Å². The zero-order valence-corrected chi connectivity index (χ0v) is 21.7. The molecule has 160 valence electrons. The third kappa shape index (κ3) is 3.20. The molecule has 0 aromatic carbocycles. The predicted molar refractivity (Wildman–Crippen MR) is 128 cm³/mol. The maximum Gasteiger partial charge on any atom is 0.303 e.